The van der Waals surface area contributed by atoms with Crippen molar-refractivity contribution in [1.29, 1.82) is 10.5 Å². The van der Waals surface area contributed by atoms with Crippen molar-refractivity contribution in [3.63, 3.8) is 0 Å². The Labute approximate surface area is 296 Å². The number of nitriles is 2. The number of nitrogens with zero attached hydrogens (tertiary/aromatic N) is 8. The standard InChI is InChI=1S/C24H36N6O.C14H16N4O/c1-5-9-29-11-13-30(14-12-29)10-6-15-31-19-7-8-21-20(16-19)23(26-18-24(2,3)4)28-22(17-25)27-21;1-14(2,3)8-16-13-10-6-9(19)4-5-11(10)17-12(7-15)18-13/h7-8,16H,5-6,9-15,18H2,1-4H3,(H,26,27,28);4-6,19H,8H2,1-3H3,(H,16,17,18). The lowest BCUT2D eigenvalue weighted by Gasteiger charge is -2.34. The number of phenols is 1. The lowest BCUT2D eigenvalue weighted by Crippen LogP contribution is -2.46. The molecule has 0 amide bonds. The van der Waals surface area contributed by atoms with Crippen LogP contribution in [-0.4, -0.2) is 93.8 Å². The normalized spacial score (nSPS) is 14.0. The SMILES string of the molecule is CC(C)(C)CNc1nc(C#N)nc2ccc(O)cc12.CCCN1CCN(CCCOc2ccc3nc(C#N)nc(NCC(C)(C)C)c3c2)CC1. The third-order valence-corrected chi connectivity index (χ3v) is 8.01. The van der Waals surface area contributed by atoms with Crippen LogP contribution in [0.5, 0.6) is 11.5 Å². The quantitative estimate of drug-likeness (QED) is 0.149. The summed E-state index contributed by atoms with van der Waals surface area (Å²) < 4.78 is 6.04. The van der Waals surface area contributed by atoms with Gasteiger partial charge < -0.3 is 30.3 Å². The minimum Gasteiger partial charge on any atom is -0.508 e. The number of aromatic hydroxyl groups is 1. The van der Waals surface area contributed by atoms with Crippen LogP contribution < -0.4 is 15.4 Å². The summed E-state index contributed by atoms with van der Waals surface area (Å²) in [6.07, 6.45) is 2.24. The van der Waals surface area contributed by atoms with E-state index in [9.17, 15) is 10.4 Å². The number of anilines is 2. The fourth-order valence-electron chi connectivity index (χ4n) is 5.41. The maximum Gasteiger partial charge on any atom is 0.234 e. The third-order valence-electron chi connectivity index (χ3n) is 8.01. The van der Waals surface area contributed by atoms with Crippen LogP contribution in [-0.2, 0) is 0 Å². The van der Waals surface area contributed by atoms with Crippen LogP contribution in [0.3, 0.4) is 0 Å². The zero-order valence-electron chi connectivity index (χ0n) is 30.7. The smallest absolute Gasteiger partial charge is 0.234 e. The maximum absolute atomic E-state index is 9.56. The van der Waals surface area contributed by atoms with Gasteiger partial charge in [0.05, 0.1) is 17.6 Å². The number of hydrogen-bond acceptors (Lipinski definition) is 12. The van der Waals surface area contributed by atoms with Crippen molar-refractivity contribution in [1.82, 2.24) is 29.7 Å². The van der Waals surface area contributed by atoms with E-state index < -0.39 is 0 Å². The van der Waals surface area contributed by atoms with Crippen molar-refractivity contribution in [3.8, 4) is 23.6 Å². The fraction of sp³-hybridized carbons (Fsp3) is 0.526. The Morgan fingerprint density at radius 2 is 1.24 bits per heavy atom. The summed E-state index contributed by atoms with van der Waals surface area (Å²) >= 11 is 0. The van der Waals surface area contributed by atoms with Gasteiger partial charge in [0.2, 0.25) is 11.6 Å². The van der Waals surface area contributed by atoms with Gasteiger partial charge in [-0.15, -0.1) is 0 Å². The predicted molar refractivity (Wildman–Crippen MR) is 199 cm³/mol. The number of fused-ring (bicyclic) bond motifs is 2. The first-order chi connectivity index (χ1) is 23.8. The van der Waals surface area contributed by atoms with Gasteiger partial charge in [0.15, 0.2) is 0 Å². The van der Waals surface area contributed by atoms with Crippen LogP contribution in [0.25, 0.3) is 21.8 Å². The second-order valence-electron chi connectivity index (χ2n) is 15.1. The molecule has 0 saturated carbocycles. The summed E-state index contributed by atoms with van der Waals surface area (Å²) in [4.78, 5) is 22.1. The molecule has 0 bridgehead atoms. The highest BCUT2D eigenvalue weighted by Gasteiger charge is 2.17. The lowest BCUT2D eigenvalue weighted by atomic mass is 9.97. The average molecular weight is 681 g/mol. The first-order valence-electron chi connectivity index (χ1n) is 17.4. The van der Waals surface area contributed by atoms with E-state index in [1.165, 1.54) is 26.1 Å². The zero-order valence-corrected chi connectivity index (χ0v) is 30.7. The van der Waals surface area contributed by atoms with Crippen molar-refractivity contribution in [3.05, 3.63) is 48.0 Å². The van der Waals surface area contributed by atoms with E-state index in [2.05, 4.69) is 94.9 Å². The lowest BCUT2D eigenvalue weighted by molar-refractivity contribution is 0.126. The molecule has 5 rings (SSSR count). The Morgan fingerprint density at radius 3 is 1.74 bits per heavy atom. The highest BCUT2D eigenvalue weighted by molar-refractivity contribution is 5.91. The molecule has 1 aliphatic heterocycles. The number of benzene rings is 2. The molecule has 0 atom stereocenters. The van der Waals surface area contributed by atoms with E-state index in [0.717, 1.165) is 49.3 Å². The van der Waals surface area contributed by atoms with Crippen LogP contribution in [0.4, 0.5) is 11.6 Å². The number of nitrogens with one attached hydrogen (secondary N) is 2. The molecule has 12 nitrogen and oxygen atoms in total. The summed E-state index contributed by atoms with van der Waals surface area (Å²) in [7, 11) is 0. The van der Waals surface area contributed by atoms with Gasteiger partial charge in [0.1, 0.15) is 35.3 Å². The summed E-state index contributed by atoms with van der Waals surface area (Å²) in [6.45, 7) is 24.1. The molecular weight excluding hydrogens is 628 g/mol. The Bertz CT molecular complexity index is 1810. The number of ether oxygens (including phenoxy) is 1. The van der Waals surface area contributed by atoms with Crippen LogP contribution in [0, 0.1) is 33.5 Å². The van der Waals surface area contributed by atoms with Gasteiger partial charge in [-0.25, -0.2) is 19.9 Å². The van der Waals surface area contributed by atoms with Crippen molar-refractivity contribution < 1.29 is 9.84 Å². The molecule has 4 aromatic rings. The molecule has 0 radical (unpaired) electrons. The molecule has 0 unspecified atom stereocenters. The highest BCUT2D eigenvalue weighted by Crippen LogP contribution is 2.28. The van der Waals surface area contributed by atoms with E-state index in [0.29, 0.717) is 35.7 Å². The third kappa shape index (κ3) is 11.7. The molecule has 12 heteroatoms. The summed E-state index contributed by atoms with van der Waals surface area (Å²) in [5.74, 6) is 2.53. The van der Waals surface area contributed by atoms with E-state index >= 15 is 0 Å². The fourth-order valence-corrected chi connectivity index (χ4v) is 5.41. The van der Waals surface area contributed by atoms with Gasteiger partial charge in [0.25, 0.3) is 0 Å². The van der Waals surface area contributed by atoms with Gasteiger partial charge in [-0.2, -0.15) is 10.5 Å². The molecule has 1 fully saturated rings. The van der Waals surface area contributed by atoms with Gasteiger partial charge >= 0.3 is 0 Å². The minimum absolute atomic E-state index is 0.0842. The topological polar surface area (TPSA) is 159 Å². The Balaban J connectivity index is 0.000000252. The first-order valence-corrected chi connectivity index (χ1v) is 17.4. The highest BCUT2D eigenvalue weighted by atomic mass is 16.5. The second-order valence-corrected chi connectivity index (χ2v) is 15.1. The van der Waals surface area contributed by atoms with Crippen LogP contribution in [0.15, 0.2) is 36.4 Å². The Morgan fingerprint density at radius 1 is 0.740 bits per heavy atom. The predicted octanol–water partition coefficient (Wildman–Crippen LogP) is 6.42. The van der Waals surface area contributed by atoms with Crippen LogP contribution >= 0.6 is 0 Å². The molecular formula is C38H52N10O2. The Hall–Kier alpha value is -4.78. The number of phenolic OH excluding ortho intramolecular Hbond substituents is 1. The van der Waals surface area contributed by atoms with E-state index in [1.54, 1.807) is 18.2 Å². The van der Waals surface area contributed by atoms with Crippen LogP contribution in [0.1, 0.15) is 73.0 Å². The molecule has 2 aromatic carbocycles. The zero-order chi connectivity index (χ0) is 36.3. The Kier molecular flexibility index (Phi) is 13.1. The number of piperazine rings is 1. The number of rotatable bonds is 11. The molecule has 0 aliphatic carbocycles. The summed E-state index contributed by atoms with van der Waals surface area (Å²) in [6, 6.07) is 14.6. The molecule has 3 N–H and O–H groups in total. The maximum atomic E-state index is 9.56. The molecule has 50 heavy (non-hydrogen) atoms. The molecule has 1 aliphatic rings. The largest absolute Gasteiger partial charge is 0.508 e. The summed E-state index contributed by atoms with van der Waals surface area (Å²) in [5, 5.41) is 36.0. The van der Waals surface area contributed by atoms with Crippen molar-refractivity contribution in [2.45, 2.75) is 61.3 Å². The van der Waals surface area contributed by atoms with Crippen LogP contribution in [0.2, 0.25) is 0 Å². The molecule has 266 valence electrons. The second kappa shape index (κ2) is 17.2. The van der Waals surface area contributed by atoms with Crippen molar-refractivity contribution in [2.75, 3.05) is 69.6 Å². The van der Waals surface area contributed by atoms with E-state index in [4.69, 9.17) is 10.00 Å². The monoisotopic (exact) mass is 680 g/mol. The van der Waals surface area contributed by atoms with Crippen molar-refractivity contribution >= 4 is 33.4 Å². The minimum atomic E-state index is 0.0842. The van der Waals surface area contributed by atoms with Gasteiger partial charge in [-0.05, 0) is 66.6 Å². The summed E-state index contributed by atoms with van der Waals surface area (Å²) in [5.41, 5.74) is 1.57. The van der Waals surface area contributed by atoms with E-state index in [-0.39, 0.29) is 28.2 Å². The molecule has 0 spiro atoms. The molecule has 1 saturated heterocycles. The molecule has 3 heterocycles. The van der Waals surface area contributed by atoms with Gasteiger partial charge in [0, 0.05) is 56.6 Å². The number of hydrogen-bond donors (Lipinski definition) is 3. The van der Waals surface area contributed by atoms with Gasteiger partial charge in [-0.1, -0.05) is 48.5 Å². The van der Waals surface area contributed by atoms with E-state index in [1.807, 2.05) is 24.3 Å². The number of aromatic nitrogens is 4. The molecule has 2 aromatic heterocycles. The van der Waals surface area contributed by atoms with Gasteiger partial charge in [-0.3, -0.25) is 0 Å². The van der Waals surface area contributed by atoms with Crippen molar-refractivity contribution in [2.24, 2.45) is 10.8 Å². The average Bonchev–Trinajstić information content (AvgIpc) is 3.08. The first kappa shape index (κ1) is 38.0.